The molecule has 9 heteroatoms. The van der Waals surface area contributed by atoms with Crippen molar-refractivity contribution in [3.8, 4) is 11.5 Å². The van der Waals surface area contributed by atoms with E-state index in [-0.39, 0.29) is 17.3 Å². The third kappa shape index (κ3) is 4.08. The molecule has 2 aromatic rings. The molecular weight excluding hydrogens is 408 g/mol. The Morgan fingerprint density at radius 1 is 1.00 bits per heavy atom. The molecule has 0 N–H and O–H groups in total. The number of ether oxygens (including phenoxy) is 3. The number of benzene rings is 2. The van der Waals surface area contributed by atoms with Gasteiger partial charge in [0, 0.05) is 19.2 Å². The third-order valence-corrected chi connectivity index (χ3v) is 6.88. The Balaban J connectivity index is 1.71. The number of hydrogen-bond acceptors (Lipinski definition) is 6. The van der Waals surface area contributed by atoms with Gasteiger partial charge in [0.05, 0.1) is 23.8 Å². The molecule has 1 amide bonds. The van der Waals surface area contributed by atoms with Gasteiger partial charge in [-0.3, -0.25) is 9.10 Å². The van der Waals surface area contributed by atoms with Gasteiger partial charge in [0.25, 0.3) is 10.0 Å². The van der Waals surface area contributed by atoms with Crippen molar-refractivity contribution in [2.75, 3.05) is 50.4 Å². The summed E-state index contributed by atoms with van der Waals surface area (Å²) in [5.41, 5.74) is 1.22. The van der Waals surface area contributed by atoms with Crippen molar-refractivity contribution < 1.29 is 27.4 Å². The number of nitrogens with zero attached hydrogens (tertiary/aromatic N) is 2. The Bertz CT molecular complexity index is 1030. The Labute approximate surface area is 176 Å². The summed E-state index contributed by atoms with van der Waals surface area (Å²) in [4.78, 5) is 14.6. The topological polar surface area (TPSA) is 85.4 Å². The highest BCUT2D eigenvalue weighted by atomic mass is 32.2. The summed E-state index contributed by atoms with van der Waals surface area (Å²) in [6, 6.07) is 11.6. The number of morpholine rings is 1. The van der Waals surface area contributed by atoms with Gasteiger partial charge in [0.1, 0.15) is 19.8 Å². The first kappa shape index (κ1) is 20.5. The Morgan fingerprint density at radius 3 is 2.43 bits per heavy atom. The van der Waals surface area contributed by atoms with E-state index in [1.807, 2.05) is 19.1 Å². The predicted molar refractivity (Wildman–Crippen MR) is 111 cm³/mol. The maximum atomic E-state index is 13.6. The second-order valence-corrected chi connectivity index (χ2v) is 8.96. The van der Waals surface area contributed by atoms with Crippen LogP contribution in [0, 0.1) is 6.92 Å². The van der Waals surface area contributed by atoms with Crippen LogP contribution in [0.3, 0.4) is 0 Å². The molecule has 160 valence electrons. The van der Waals surface area contributed by atoms with Gasteiger partial charge in [-0.15, -0.1) is 0 Å². The monoisotopic (exact) mass is 432 g/mol. The molecule has 0 bridgehead atoms. The number of carbonyl (C=O) groups is 1. The molecule has 0 aliphatic carbocycles. The number of carbonyl (C=O) groups excluding carboxylic acids is 1. The van der Waals surface area contributed by atoms with E-state index in [2.05, 4.69) is 0 Å². The van der Waals surface area contributed by atoms with Crippen LogP contribution in [0.2, 0.25) is 0 Å². The van der Waals surface area contributed by atoms with Crippen LogP contribution in [0.4, 0.5) is 5.69 Å². The minimum absolute atomic E-state index is 0.0461. The zero-order valence-electron chi connectivity index (χ0n) is 16.7. The second-order valence-electron chi connectivity index (χ2n) is 7.10. The molecule has 0 spiro atoms. The zero-order valence-corrected chi connectivity index (χ0v) is 17.6. The van der Waals surface area contributed by atoms with E-state index in [4.69, 9.17) is 14.2 Å². The molecule has 1 fully saturated rings. The zero-order chi connectivity index (χ0) is 21.1. The number of amides is 1. The van der Waals surface area contributed by atoms with Crippen molar-refractivity contribution in [3.05, 3.63) is 48.0 Å². The van der Waals surface area contributed by atoms with Crippen LogP contribution in [-0.2, 0) is 19.6 Å². The van der Waals surface area contributed by atoms with Gasteiger partial charge in [-0.25, -0.2) is 8.42 Å². The number of fused-ring (bicyclic) bond motifs is 1. The van der Waals surface area contributed by atoms with Gasteiger partial charge in [-0.1, -0.05) is 18.2 Å². The van der Waals surface area contributed by atoms with Crippen molar-refractivity contribution >= 4 is 21.6 Å². The average molecular weight is 432 g/mol. The van der Waals surface area contributed by atoms with Crippen LogP contribution >= 0.6 is 0 Å². The smallest absolute Gasteiger partial charge is 0.264 e. The van der Waals surface area contributed by atoms with E-state index >= 15 is 0 Å². The van der Waals surface area contributed by atoms with E-state index in [1.165, 1.54) is 16.4 Å². The van der Waals surface area contributed by atoms with Crippen molar-refractivity contribution in [3.63, 3.8) is 0 Å². The quantitative estimate of drug-likeness (QED) is 0.717. The van der Waals surface area contributed by atoms with Crippen LogP contribution in [-0.4, -0.2) is 65.3 Å². The lowest BCUT2D eigenvalue weighted by Crippen LogP contribution is -2.47. The predicted octanol–water partition coefficient (Wildman–Crippen LogP) is 1.82. The molecule has 2 aliphatic rings. The summed E-state index contributed by atoms with van der Waals surface area (Å²) in [5, 5.41) is 0. The highest BCUT2D eigenvalue weighted by Gasteiger charge is 2.31. The largest absolute Gasteiger partial charge is 0.486 e. The molecule has 2 aliphatic heterocycles. The summed E-state index contributed by atoms with van der Waals surface area (Å²) in [5.74, 6) is 0.626. The SMILES string of the molecule is Cc1ccccc1N(CC(=O)N1CCOCC1)S(=O)(=O)c1ccc2c(c1)OCCO2. The minimum Gasteiger partial charge on any atom is -0.486 e. The fourth-order valence-corrected chi connectivity index (χ4v) is 4.98. The number of rotatable bonds is 5. The lowest BCUT2D eigenvalue weighted by molar-refractivity contribution is -0.133. The molecule has 8 nitrogen and oxygen atoms in total. The number of sulfonamides is 1. The number of anilines is 1. The van der Waals surface area contributed by atoms with E-state index in [0.717, 1.165) is 5.56 Å². The van der Waals surface area contributed by atoms with E-state index < -0.39 is 10.0 Å². The van der Waals surface area contributed by atoms with Crippen molar-refractivity contribution in [2.45, 2.75) is 11.8 Å². The summed E-state index contributed by atoms with van der Waals surface area (Å²) in [6.45, 7) is 4.10. The number of aryl methyl sites for hydroxylation is 1. The Kier molecular flexibility index (Phi) is 5.83. The molecule has 0 saturated carbocycles. The highest BCUT2D eigenvalue weighted by molar-refractivity contribution is 7.92. The summed E-state index contributed by atoms with van der Waals surface area (Å²) in [7, 11) is -4.02. The molecule has 0 radical (unpaired) electrons. The lowest BCUT2D eigenvalue weighted by atomic mass is 10.2. The first-order valence-corrected chi connectivity index (χ1v) is 11.2. The minimum atomic E-state index is -4.02. The summed E-state index contributed by atoms with van der Waals surface area (Å²) in [6.07, 6.45) is 0. The molecule has 30 heavy (non-hydrogen) atoms. The van der Waals surface area contributed by atoms with Crippen LogP contribution < -0.4 is 13.8 Å². The highest BCUT2D eigenvalue weighted by Crippen LogP contribution is 2.34. The molecular formula is C21H24N2O6S. The van der Waals surface area contributed by atoms with Gasteiger partial charge in [-0.2, -0.15) is 0 Å². The average Bonchev–Trinajstić information content (AvgIpc) is 2.78. The molecule has 4 rings (SSSR count). The normalized spacial score (nSPS) is 16.2. The standard InChI is InChI=1S/C21H24N2O6S/c1-16-4-2-3-5-18(16)23(15-21(24)22-8-10-27-11-9-22)30(25,26)17-6-7-19-20(14-17)29-13-12-28-19/h2-7,14H,8-13,15H2,1H3. The van der Waals surface area contributed by atoms with Gasteiger partial charge in [0.15, 0.2) is 11.5 Å². The van der Waals surface area contributed by atoms with Crippen LogP contribution in [0.25, 0.3) is 0 Å². The van der Waals surface area contributed by atoms with Gasteiger partial charge in [0.2, 0.25) is 5.91 Å². The van der Waals surface area contributed by atoms with Gasteiger partial charge in [-0.05, 0) is 30.7 Å². The first-order chi connectivity index (χ1) is 14.5. The first-order valence-electron chi connectivity index (χ1n) is 9.80. The van der Waals surface area contributed by atoms with Gasteiger partial charge >= 0.3 is 0 Å². The van der Waals surface area contributed by atoms with E-state index in [1.54, 1.807) is 23.1 Å². The maximum absolute atomic E-state index is 13.6. The fourth-order valence-electron chi connectivity index (χ4n) is 3.49. The third-order valence-electron chi connectivity index (χ3n) is 5.13. The molecule has 2 aromatic carbocycles. The molecule has 0 aromatic heterocycles. The van der Waals surface area contributed by atoms with Crippen molar-refractivity contribution in [1.82, 2.24) is 4.90 Å². The fraction of sp³-hybridized carbons (Fsp3) is 0.381. The lowest BCUT2D eigenvalue weighted by Gasteiger charge is -2.31. The number of para-hydroxylation sites is 1. The van der Waals surface area contributed by atoms with Crippen LogP contribution in [0.15, 0.2) is 47.4 Å². The molecule has 1 saturated heterocycles. The number of hydrogen-bond donors (Lipinski definition) is 0. The Morgan fingerprint density at radius 2 is 1.70 bits per heavy atom. The van der Waals surface area contributed by atoms with Crippen LogP contribution in [0.1, 0.15) is 5.56 Å². The summed E-state index contributed by atoms with van der Waals surface area (Å²) >= 11 is 0. The summed E-state index contributed by atoms with van der Waals surface area (Å²) < 4.78 is 44.8. The van der Waals surface area contributed by atoms with Crippen molar-refractivity contribution in [2.24, 2.45) is 0 Å². The van der Waals surface area contributed by atoms with Crippen molar-refractivity contribution in [1.29, 1.82) is 0 Å². The second kappa shape index (κ2) is 8.53. The van der Waals surface area contributed by atoms with E-state index in [0.29, 0.717) is 56.7 Å². The van der Waals surface area contributed by atoms with E-state index in [9.17, 15) is 13.2 Å². The maximum Gasteiger partial charge on any atom is 0.264 e. The van der Waals surface area contributed by atoms with Gasteiger partial charge < -0.3 is 19.1 Å². The van der Waals surface area contributed by atoms with Crippen LogP contribution in [0.5, 0.6) is 11.5 Å². The molecule has 0 unspecified atom stereocenters. The molecule has 0 atom stereocenters. The Hall–Kier alpha value is -2.78. The molecule has 2 heterocycles.